The molecule has 2 aromatic carbocycles. The van der Waals surface area contributed by atoms with Crippen LogP contribution in [0.3, 0.4) is 0 Å². The molecular weight excluding hydrogens is 436 g/mol. The van der Waals surface area contributed by atoms with Crippen molar-refractivity contribution in [2.75, 3.05) is 30.9 Å². The molecule has 0 spiro atoms. The zero-order chi connectivity index (χ0) is 24.2. The van der Waals surface area contributed by atoms with Crippen LogP contribution in [0.1, 0.15) is 37.1 Å². The molecule has 4 aromatic rings. The van der Waals surface area contributed by atoms with Gasteiger partial charge in [-0.3, -0.25) is 0 Å². The maximum atomic E-state index is 4.81. The fraction of sp³-hybridized carbons (Fsp3) is 0.407. The highest BCUT2D eigenvalue weighted by molar-refractivity contribution is 5.90. The Balaban J connectivity index is 1.12. The number of para-hydroxylation sites is 2. The first-order chi connectivity index (χ1) is 17.1. The second-order valence-electron chi connectivity index (χ2n) is 9.63. The molecule has 0 radical (unpaired) electrons. The van der Waals surface area contributed by atoms with E-state index in [0.29, 0.717) is 12.0 Å². The zero-order valence-corrected chi connectivity index (χ0v) is 20.8. The molecule has 1 aliphatic carbocycles. The molecule has 0 saturated heterocycles. The van der Waals surface area contributed by atoms with E-state index >= 15 is 0 Å². The lowest BCUT2D eigenvalue weighted by Crippen LogP contribution is -2.31. The van der Waals surface area contributed by atoms with E-state index in [2.05, 4.69) is 37.9 Å². The first-order valence-corrected chi connectivity index (χ1v) is 12.5. The lowest BCUT2D eigenvalue weighted by atomic mass is 9.86. The molecule has 2 heterocycles. The Morgan fingerprint density at radius 3 is 2.43 bits per heavy atom. The number of aromatic nitrogens is 5. The molecular formula is C27H34N8. The number of hydrogen-bond donors (Lipinski definition) is 2. The van der Waals surface area contributed by atoms with Crippen molar-refractivity contribution < 1.29 is 0 Å². The third-order valence-electron chi connectivity index (χ3n) is 6.78. The summed E-state index contributed by atoms with van der Waals surface area (Å²) in [5.41, 5.74) is 3.95. The van der Waals surface area contributed by atoms with Gasteiger partial charge in [0.25, 0.3) is 0 Å². The van der Waals surface area contributed by atoms with Crippen molar-refractivity contribution in [3.8, 4) is 5.69 Å². The van der Waals surface area contributed by atoms with Crippen molar-refractivity contribution >= 4 is 22.7 Å². The summed E-state index contributed by atoms with van der Waals surface area (Å²) in [6.07, 6.45) is 4.63. The summed E-state index contributed by atoms with van der Waals surface area (Å²) >= 11 is 0. The van der Waals surface area contributed by atoms with Crippen LogP contribution in [0.15, 0.2) is 54.6 Å². The van der Waals surface area contributed by atoms with Gasteiger partial charge in [-0.25, -0.2) is 4.98 Å². The summed E-state index contributed by atoms with van der Waals surface area (Å²) in [5.74, 6) is 2.36. The van der Waals surface area contributed by atoms with Crippen LogP contribution in [0.4, 0.5) is 11.8 Å². The van der Waals surface area contributed by atoms with E-state index in [9.17, 15) is 0 Å². The van der Waals surface area contributed by atoms with Crippen LogP contribution in [0, 0.1) is 12.8 Å². The first-order valence-electron chi connectivity index (χ1n) is 12.5. The van der Waals surface area contributed by atoms with Gasteiger partial charge in [-0.15, -0.1) is 0 Å². The van der Waals surface area contributed by atoms with Crippen LogP contribution in [-0.4, -0.2) is 51.6 Å². The standard InChI is InChI=1S/C27H34N8/c1-19-25(33-35(32-19)22-9-5-4-6-10-22)18-28-17-20-13-15-21(16-14-20)29-27-30-24-12-8-7-11-23(24)26(31-27)34(2)3/h4-12,20-21,28H,13-18H2,1-3H3,(H,29,30,31). The number of hydrogen-bond acceptors (Lipinski definition) is 7. The number of anilines is 2. The number of nitrogens with zero attached hydrogens (tertiary/aromatic N) is 6. The van der Waals surface area contributed by atoms with Gasteiger partial charge in [0.15, 0.2) is 0 Å². The van der Waals surface area contributed by atoms with E-state index < -0.39 is 0 Å². The summed E-state index contributed by atoms with van der Waals surface area (Å²) in [7, 11) is 4.06. The maximum absolute atomic E-state index is 4.81. The minimum Gasteiger partial charge on any atom is -0.362 e. The summed E-state index contributed by atoms with van der Waals surface area (Å²) in [4.78, 5) is 13.4. The molecule has 0 aliphatic heterocycles. The molecule has 0 unspecified atom stereocenters. The van der Waals surface area contributed by atoms with Gasteiger partial charge in [0.1, 0.15) is 5.82 Å². The second-order valence-corrected chi connectivity index (χ2v) is 9.63. The van der Waals surface area contributed by atoms with E-state index in [4.69, 9.17) is 9.97 Å². The van der Waals surface area contributed by atoms with E-state index in [0.717, 1.165) is 65.7 Å². The highest BCUT2D eigenvalue weighted by Crippen LogP contribution is 2.28. The topological polar surface area (TPSA) is 83.8 Å². The number of aryl methyl sites for hydroxylation is 1. The predicted molar refractivity (Wildman–Crippen MR) is 141 cm³/mol. The molecule has 1 fully saturated rings. The molecule has 182 valence electrons. The van der Waals surface area contributed by atoms with Crippen molar-refractivity contribution in [1.29, 1.82) is 0 Å². The normalized spacial score (nSPS) is 18.0. The molecule has 8 nitrogen and oxygen atoms in total. The lowest BCUT2D eigenvalue weighted by Gasteiger charge is -2.29. The Morgan fingerprint density at radius 1 is 0.914 bits per heavy atom. The van der Waals surface area contributed by atoms with Gasteiger partial charge in [0.05, 0.1) is 22.6 Å². The van der Waals surface area contributed by atoms with Crippen molar-refractivity contribution in [3.63, 3.8) is 0 Å². The van der Waals surface area contributed by atoms with Gasteiger partial charge >= 0.3 is 0 Å². The first kappa shape index (κ1) is 23.2. The van der Waals surface area contributed by atoms with Crippen LogP contribution in [0.2, 0.25) is 0 Å². The number of benzene rings is 2. The molecule has 8 heteroatoms. The third kappa shape index (κ3) is 5.43. The molecule has 1 aliphatic rings. The average Bonchev–Trinajstić information content (AvgIpc) is 3.25. The molecule has 0 bridgehead atoms. The van der Waals surface area contributed by atoms with Gasteiger partial charge in [-0.2, -0.15) is 20.0 Å². The molecule has 2 aromatic heterocycles. The smallest absolute Gasteiger partial charge is 0.225 e. The molecule has 2 N–H and O–H groups in total. The van der Waals surface area contributed by atoms with Crippen molar-refractivity contribution in [2.24, 2.45) is 5.92 Å². The fourth-order valence-electron chi connectivity index (χ4n) is 4.80. The summed E-state index contributed by atoms with van der Waals surface area (Å²) in [5, 5.41) is 17.6. The van der Waals surface area contributed by atoms with Gasteiger partial charge in [0.2, 0.25) is 5.95 Å². The van der Waals surface area contributed by atoms with E-state index in [1.54, 1.807) is 4.80 Å². The average molecular weight is 471 g/mol. The van der Waals surface area contributed by atoms with E-state index in [1.807, 2.05) is 63.5 Å². The zero-order valence-electron chi connectivity index (χ0n) is 20.8. The molecule has 0 amide bonds. The van der Waals surface area contributed by atoms with E-state index in [1.165, 1.54) is 12.8 Å². The van der Waals surface area contributed by atoms with Crippen LogP contribution < -0.4 is 15.5 Å². The minimum atomic E-state index is 0.412. The Bertz CT molecular complexity index is 1260. The molecule has 1 saturated carbocycles. The largest absolute Gasteiger partial charge is 0.362 e. The highest BCUT2D eigenvalue weighted by Gasteiger charge is 2.22. The summed E-state index contributed by atoms with van der Waals surface area (Å²) in [6.45, 7) is 3.77. The van der Waals surface area contributed by atoms with E-state index in [-0.39, 0.29) is 0 Å². The minimum absolute atomic E-state index is 0.412. The summed E-state index contributed by atoms with van der Waals surface area (Å²) in [6, 6.07) is 18.7. The van der Waals surface area contributed by atoms with Crippen molar-refractivity contribution in [3.05, 3.63) is 66.0 Å². The van der Waals surface area contributed by atoms with Gasteiger partial charge in [0, 0.05) is 32.1 Å². The number of fused-ring (bicyclic) bond motifs is 1. The number of nitrogens with one attached hydrogen (secondary N) is 2. The third-order valence-corrected chi connectivity index (χ3v) is 6.78. The van der Waals surface area contributed by atoms with Crippen molar-refractivity contribution in [1.82, 2.24) is 30.3 Å². The Morgan fingerprint density at radius 2 is 1.66 bits per heavy atom. The second kappa shape index (κ2) is 10.4. The predicted octanol–water partition coefficient (Wildman–Crippen LogP) is 4.35. The molecule has 0 atom stereocenters. The van der Waals surface area contributed by atoms with Crippen LogP contribution in [0.25, 0.3) is 16.6 Å². The van der Waals surface area contributed by atoms with Gasteiger partial charge < -0.3 is 15.5 Å². The maximum Gasteiger partial charge on any atom is 0.225 e. The quantitative estimate of drug-likeness (QED) is 0.396. The van der Waals surface area contributed by atoms with Gasteiger partial charge in [-0.05, 0) is 69.3 Å². The Kier molecular flexibility index (Phi) is 6.90. The molecule has 5 rings (SSSR count). The monoisotopic (exact) mass is 470 g/mol. The molecule has 35 heavy (non-hydrogen) atoms. The Labute approximate surface area is 206 Å². The lowest BCUT2D eigenvalue weighted by molar-refractivity contribution is 0.323. The SMILES string of the molecule is Cc1nn(-c2ccccc2)nc1CNCC1CCC(Nc2nc(N(C)C)c3ccccc3n2)CC1. The Hall–Kier alpha value is -3.52. The summed E-state index contributed by atoms with van der Waals surface area (Å²) < 4.78 is 0. The van der Waals surface area contributed by atoms with Gasteiger partial charge in [-0.1, -0.05) is 30.3 Å². The van der Waals surface area contributed by atoms with Crippen molar-refractivity contribution in [2.45, 2.75) is 45.2 Å². The van der Waals surface area contributed by atoms with Crippen LogP contribution in [-0.2, 0) is 6.54 Å². The number of rotatable bonds is 8. The van der Waals surface area contributed by atoms with Crippen LogP contribution >= 0.6 is 0 Å². The fourth-order valence-corrected chi connectivity index (χ4v) is 4.80. The van der Waals surface area contributed by atoms with Crippen LogP contribution in [0.5, 0.6) is 0 Å². The highest BCUT2D eigenvalue weighted by atomic mass is 15.5.